The minimum absolute atomic E-state index is 0.694. The molecule has 0 aromatic heterocycles. The first-order chi connectivity index (χ1) is 6.29. The third-order valence-electron chi connectivity index (χ3n) is 2.89. The molecule has 0 bridgehead atoms. The van der Waals surface area contributed by atoms with Gasteiger partial charge >= 0.3 is 0 Å². The van der Waals surface area contributed by atoms with Gasteiger partial charge in [-0.2, -0.15) is 0 Å². The summed E-state index contributed by atoms with van der Waals surface area (Å²) >= 11 is 0. The van der Waals surface area contributed by atoms with E-state index in [1.165, 1.54) is 32.1 Å². The molecule has 1 saturated carbocycles. The summed E-state index contributed by atoms with van der Waals surface area (Å²) in [5.74, 6) is 1.01. The van der Waals surface area contributed by atoms with Crippen LogP contribution in [0, 0.1) is 0 Å². The first kappa shape index (κ1) is 10.4. The van der Waals surface area contributed by atoms with Crippen molar-refractivity contribution in [2.24, 2.45) is 4.99 Å². The molecule has 0 heterocycles. The lowest BCUT2D eigenvalue weighted by Gasteiger charge is -2.33. The smallest absolute Gasteiger partial charge is 0.193 e. The SMILES string of the molecule is CN=C(NC)N(C)C1CCCCC1. The largest absolute Gasteiger partial charge is 0.359 e. The molecule has 0 amide bonds. The Labute approximate surface area is 81.2 Å². The van der Waals surface area contributed by atoms with Gasteiger partial charge in [-0.1, -0.05) is 19.3 Å². The zero-order valence-corrected chi connectivity index (χ0v) is 9.01. The van der Waals surface area contributed by atoms with Crippen molar-refractivity contribution in [1.82, 2.24) is 10.2 Å². The summed E-state index contributed by atoms with van der Waals surface area (Å²) in [7, 11) is 5.90. The maximum absolute atomic E-state index is 4.21. The van der Waals surface area contributed by atoms with Crippen molar-refractivity contribution in [1.29, 1.82) is 0 Å². The molecule has 0 aromatic carbocycles. The van der Waals surface area contributed by atoms with Crippen LogP contribution in [0.25, 0.3) is 0 Å². The van der Waals surface area contributed by atoms with Crippen LogP contribution in [0.5, 0.6) is 0 Å². The Hall–Kier alpha value is -0.730. The average Bonchev–Trinajstić information content (AvgIpc) is 2.21. The van der Waals surface area contributed by atoms with E-state index in [2.05, 4.69) is 22.3 Å². The van der Waals surface area contributed by atoms with Gasteiger partial charge in [-0.05, 0) is 12.8 Å². The highest BCUT2D eigenvalue weighted by atomic mass is 15.3. The second-order valence-corrected chi connectivity index (χ2v) is 3.70. The number of hydrogen-bond acceptors (Lipinski definition) is 1. The average molecular weight is 183 g/mol. The molecule has 0 radical (unpaired) electrons. The monoisotopic (exact) mass is 183 g/mol. The zero-order chi connectivity index (χ0) is 9.68. The number of rotatable bonds is 1. The number of hydrogen-bond donors (Lipinski definition) is 1. The van der Waals surface area contributed by atoms with Crippen molar-refractivity contribution < 1.29 is 0 Å². The van der Waals surface area contributed by atoms with Crippen molar-refractivity contribution in [3.05, 3.63) is 0 Å². The van der Waals surface area contributed by atoms with Crippen molar-refractivity contribution in [2.45, 2.75) is 38.1 Å². The van der Waals surface area contributed by atoms with E-state index in [-0.39, 0.29) is 0 Å². The number of nitrogens with zero attached hydrogens (tertiary/aromatic N) is 2. The standard InChI is InChI=1S/C10H21N3/c1-11-10(12-2)13(3)9-7-5-4-6-8-9/h9H,4-8H2,1-3H3,(H,11,12). The molecule has 1 N–H and O–H groups in total. The quantitative estimate of drug-likeness (QED) is 0.492. The fourth-order valence-electron chi connectivity index (χ4n) is 2.09. The molecule has 13 heavy (non-hydrogen) atoms. The molecule has 76 valence electrons. The van der Waals surface area contributed by atoms with E-state index in [0.29, 0.717) is 6.04 Å². The Balaban J connectivity index is 2.49. The van der Waals surface area contributed by atoms with Gasteiger partial charge in [-0.25, -0.2) is 0 Å². The van der Waals surface area contributed by atoms with Crippen molar-refractivity contribution >= 4 is 5.96 Å². The lowest BCUT2D eigenvalue weighted by atomic mass is 9.95. The second kappa shape index (κ2) is 5.10. The Morgan fingerprint density at radius 3 is 2.38 bits per heavy atom. The normalized spacial score (nSPS) is 20.1. The number of guanidine groups is 1. The molecule has 0 saturated heterocycles. The van der Waals surface area contributed by atoms with Crippen LogP contribution in [0.1, 0.15) is 32.1 Å². The number of aliphatic imine (C=N–C) groups is 1. The molecule has 0 unspecified atom stereocenters. The molecule has 3 heteroatoms. The topological polar surface area (TPSA) is 27.6 Å². The van der Waals surface area contributed by atoms with E-state index < -0.39 is 0 Å². The Morgan fingerprint density at radius 2 is 1.92 bits per heavy atom. The van der Waals surface area contributed by atoms with Crippen LogP contribution in [0.15, 0.2) is 4.99 Å². The van der Waals surface area contributed by atoms with Gasteiger partial charge in [-0.3, -0.25) is 4.99 Å². The van der Waals surface area contributed by atoms with Crippen LogP contribution >= 0.6 is 0 Å². The molecule has 1 aliphatic rings. The summed E-state index contributed by atoms with van der Waals surface area (Å²) in [6.07, 6.45) is 6.78. The third kappa shape index (κ3) is 2.61. The predicted molar refractivity (Wildman–Crippen MR) is 57.1 cm³/mol. The highest BCUT2D eigenvalue weighted by Crippen LogP contribution is 2.21. The van der Waals surface area contributed by atoms with Gasteiger partial charge in [0.2, 0.25) is 0 Å². The van der Waals surface area contributed by atoms with Crippen molar-refractivity contribution in [3.8, 4) is 0 Å². The van der Waals surface area contributed by atoms with Crippen LogP contribution in [0.3, 0.4) is 0 Å². The highest BCUT2D eigenvalue weighted by molar-refractivity contribution is 5.79. The summed E-state index contributed by atoms with van der Waals surface area (Å²) < 4.78 is 0. The molecule has 0 aromatic rings. The summed E-state index contributed by atoms with van der Waals surface area (Å²) in [4.78, 5) is 6.49. The van der Waals surface area contributed by atoms with Crippen LogP contribution in [0.2, 0.25) is 0 Å². The third-order valence-corrected chi connectivity index (χ3v) is 2.89. The van der Waals surface area contributed by atoms with Gasteiger partial charge in [0.1, 0.15) is 0 Å². The van der Waals surface area contributed by atoms with Crippen molar-refractivity contribution in [3.63, 3.8) is 0 Å². The highest BCUT2D eigenvalue weighted by Gasteiger charge is 2.19. The molecule has 1 rings (SSSR count). The van der Waals surface area contributed by atoms with Crippen LogP contribution in [-0.4, -0.2) is 38.0 Å². The van der Waals surface area contributed by atoms with Crippen LogP contribution < -0.4 is 5.32 Å². The summed E-state index contributed by atoms with van der Waals surface area (Å²) in [5.41, 5.74) is 0. The van der Waals surface area contributed by atoms with E-state index in [1.54, 1.807) is 0 Å². The molecule has 3 nitrogen and oxygen atoms in total. The van der Waals surface area contributed by atoms with E-state index in [4.69, 9.17) is 0 Å². The Bertz CT molecular complexity index is 171. The van der Waals surface area contributed by atoms with Crippen LogP contribution in [0.4, 0.5) is 0 Å². The lowest BCUT2D eigenvalue weighted by molar-refractivity contribution is 0.273. The molecule has 1 fully saturated rings. The van der Waals surface area contributed by atoms with Gasteiger partial charge in [0.15, 0.2) is 5.96 Å². The maximum Gasteiger partial charge on any atom is 0.193 e. The van der Waals surface area contributed by atoms with E-state index in [1.807, 2.05) is 14.1 Å². The first-order valence-corrected chi connectivity index (χ1v) is 5.17. The molecular formula is C10H21N3. The minimum atomic E-state index is 0.694. The van der Waals surface area contributed by atoms with Gasteiger partial charge in [0.05, 0.1) is 0 Å². The molecule has 0 spiro atoms. The minimum Gasteiger partial charge on any atom is -0.359 e. The number of nitrogens with one attached hydrogen (secondary N) is 1. The Kier molecular flexibility index (Phi) is 4.06. The van der Waals surface area contributed by atoms with E-state index in [0.717, 1.165) is 5.96 Å². The lowest BCUT2D eigenvalue weighted by Crippen LogP contribution is -2.44. The summed E-state index contributed by atoms with van der Waals surface area (Å²) in [6, 6.07) is 0.694. The predicted octanol–water partition coefficient (Wildman–Crippen LogP) is 1.46. The fourth-order valence-corrected chi connectivity index (χ4v) is 2.09. The van der Waals surface area contributed by atoms with Crippen LogP contribution in [-0.2, 0) is 0 Å². The molecule has 1 aliphatic carbocycles. The second-order valence-electron chi connectivity index (χ2n) is 3.70. The maximum atomic E-state index is 4.21. The summed E-state index contributed by atoms with van der Waals surface area (Å²) in [6.45, 7) is 0. The van der Waals surface area contributed by atoms with Gasteiger partial charge in [0.25, 0.3) is 0 Å². The molecular weight excluding hydrogens is 162 g/mol. The fraction of sp³-hybridized carbons (Fsp3) is 0.900. The van der Waals surface area contributed by atoms with E-state index in [9.17, 15) is 0 Å². The van der Waals surface area contributed by atoms with Gasteiger partial charge in [0, 0.05) is 27.2 Å². The molecule has 0 atom stereocenters. The zero-order valence-electron chi connectivity index (χ0n) is 9.01. The molecule has 0 aliphatic heterocycles. The van der Waals surface area contributed by atoms with Gasteiger partial charge < -0.3 is 10.2 Å². The van der Waals surface area contributed by atoms with E-state index >= 15 is 0 Å². The van der Waals surface area contributed by atoms with Gasteiger partial charge in [-0.15, -0.1) is 0 Å². The first-order valence-electron chi connectivity index (χ1n) is 5.17. The summed E-state index contributed by atoms with van der Waals surface area (Å²) in [5, 5.41) is 3.12. The Morgan fingerprint density at radius 1 is 1.31 bits per heavy atom. The van der Waals surface area contributed by atoms with Crippen molar-refractivity contribution in [2.75, 3.05) is 21.1 Å².